The highest BCUT2D eigenvalue weighted by Gasteiger charge is 2.21. The monoisotopic (exact) mass is 421 g/mol. The fraction of sp³-hybridized carbons (Fsp3) is 0.280. The van der Waals surface area contributed by atoms with E-state index in [1.165, 1.54) is 16.0 Å². The van der Waals surface area contributed by atoms with E-state index in [4.69, 9.17) is 14.2 Å². The highest BCUT2D eigenvalue weighted by molar-refractivity contribution is 7.98. The van der Waals surface area contributed by atoms with Gasteiger partial charge in [-0.05, 0) is 59.3 Å². The Bertz CT molecular complexity index is 1000. The van der Waals surface area contributed by atoms with E-state index < -0.39 is 0 Å². The molecule has 0 atom stereocenters. The van der Waals surface area contributed by atoms with Crippen molar-refractivity contribution in [2.75, 3.05) is 33.6 Å². The van der Waals surface area contributed by atoms with Crippen molar-refractivity contribution in [3.8, 4) is 28.4 Å². The molecule has 0 aliphatic carbocycles. The van der Waals surface area contributed by atoms with Gasteiger partial charge in [0.25, 0.3) is 0 Å². The normalized spacial score (nSPS) is 13.8. The molecule has 156 valence electrons. The SMILES string of the molecule is COc1cccc(CN2CCOc3c(cc(-c4ccc(SC)cc4)cc3OC)C2)c1. The number of rotatable bonds is 6. The van der Waals surface area contributed by atoms with E-state index in [1.54, 1.807) is 26.0 Å². The fourth-order valence-corrected chi connectivity index (χ4v) is 4.21. The van der Waals surface area contributed by atoms with Crippen LogP contribution in [0.3, 0.4) is 0 Å². The Labute approximate surface area is 182 Å². The Balaban J connectivity index is 1.63. The molecule has 0 saturated carbocycles. The molecule has 4 rings (SSSR count). The molecule has 30 heavy (non-hydrogen) atoms. The molecule has 0 spiro atoms. The molecule has 3 aromatic carbocycles. The molecule has 3 aromatic rings. The van der Waals surface area contributed by atoms with Crippen LogP contribution in [0.4, 0.5) is 0 Å². The van der Waals surface area contributed by atoms with E-state index in [9.17, 15) is 0 Å². The quantitative estimate of drug-likeness (QED) is 0.492. The van der Waals surface area contributed by atoms with E-state index in [-0.39, 0.29) is 0 Å². The Kier molecular flexibility index (Phi) is 6.50. The molecular weight excluding hydrogens is 394 g/mol. The van der Waals surface area contributed by atoms with Crippen molar-refractivity contribution in [3.05, 3.63) is 71.8 Å². The summed E-state index contributed by atoms with van der Waals surface area (Å²) in [5.74, 6) is 2.53. The van der Waals surface area contributed by atoms with Crippen LogP contribution in [0.1, 0.15) is 11.1 Å². The summed E-state index contributed by atoms with van der Waals surface area (Å²) in [5, 5.41) is 0. The highest BCUT2D eigenvalue weighted by atomic mass is 32.2. The van der Waals surface area contributed by atoms with Gasteiger partial charge >= 0.3 is 0 Å². The van der Waals surface area contributed by atoms with Gasteiger partial charge in [0.2, 0.25) is 0 Å². The van der Waals surface area contributed by atoms with Crippen molar-refractivity contribution in [2.45, 2.75) is 18.0 Å². The number of nitrogens with zero attached hydrogens (tertiary/aromatic N) is 1. The van der Waals surface area contributed by atoms with Crippen molar-refractivity contribution in [3.63, 3.8) is 0 Å². The minimum absolute atomic E-state index is 0.634. The zero-order valence-corrected chi connectivity index (χ0v) is 18.5. The Hall–Kier alpha value is -2.63. The maximum atomic E-state index is 6.12. The molecule has 4 nitrogen and oxygen atoms in total. The van der Waals surface area contributed by atoms with Crippen LogP contribution in [-0.4, -0.2) is 38.5 Å². The largest absolute Gasteiger partial charge is 0.497 e. The van der Waals surface area contributed by atoms with Crippen LogP contribution in [0.2, 0.25) is 0 Å². The molecule has 0 radical (unpaired) electrons. The van der Waals surface area contributed by atoms with Crippen LogP contribution >= 0.6 is 11.8 Å². The van der Waals surface area contributed by atoms with E-state index in [2.05, 4.69) is 59.7 Å². The summed E-state index contributed by atoms with van der Waals surface area (Å²) in [5.41, 5.74) is 4.70. The fourth-order valence-electron chi connectivity index (χ4n) is 3.80. The summed E-state index contributed by atoms with van der Waals surface area (Å²) in [6, 6.07) is 21.2. The first-order valence-corrected chi connectivity index (χ1v) is 11.3. The first kappa shape index (κ1) is 20.6. The van der Waals surface area contributed by atoms with Gasteiger partial charge in [0, 0.05) is 30.1 Å². The predicted molar refractivity (Wildman–Crippen MR) is 123 cm³/mol. The van der Waals surface area contributed by atoms with Crippen LogP contribution in [0.5, 0.6) is 17.2 Å². The van der Waals surface area contributed by atoms with Gasteiger partial charge in [-0.25, -0.2) is 0 Å². The molecule has 1 heterocycles. The molecule has 0 N–H and O–H groups in total. The second-order valence-electron chi connectivity index (χ2n) is 7.31. The lowest BCUT2D eigenvalue weighted by Gasteiger charge is -2.20. The second kappa shape index (κ2) is 9.45. The maximum absolute atomic E-state index is 6.12. The van der Waals surface area contributed by atoms with Gasteiger partial charge in [-0.3, -0.25) is 4.90 Å². The predicted octanol–water partition coefficient (Wildman–Crippen LogP) is 5.49. The van der Waals surface area contributed by atoms with Crippen LogP contribution < -0.4 is 14.2 Å². The smallest absolute Gasteiger partial charge is 0.165 e. The Morgan fingerprint density at radius 3 is 2.53 bits per heavy atom. The van der Waals surface area contributed by atoms with Crippen molar-refractivity contribution in [1.82, 2.24) is 4.90 Å². The van der Waals surface area contributed by atoms with E-state index in [0.717, 1.165) is 48.0 Å². The van der Waals surface area contributed by atoms with Gasteiger partial charge in [0.15, 0.2) is 11.5 Å². The number of fused-ring (bicyclic) bond motifs is 1. The van der Waals surface area contributed by atoms with Crippen LogP contribution in [-0.2, 0) is 13.1 Å². The number of thioether (sulfide) groups is 1. The molecule has 0 saturated heterocycles. The standard InChI is InChI=1S/C25H27NO3S/c1-27-22-6-4-5-18(13-22)16-26-11-12-29-25-21(17-26)14-20(15-24(25)28-2)19-7-9-23(30-3)10-8-19/h4-10,13-15H,11-12,16-17H2,1-3H3. The van der Waals surface area contributed by atoms with Gasteiger partial charge in [0.1, 0.15) is 12.4 Å². The minimum Gasteiger partial charge on any atom is -0.497 e. The molecular formula is C25H27NO3S. The summed E-state index contributed by atoms with van der Waals surface area (Å²) >= 11 is 1.75. The summed E-state index contributed by atoms with van der Waals surface area (Å²) in [7, 11) is 3.41. The molecule has 1 aliphatic rings. The molecule has 5 heteroatoms. The molecule has 0 unspecified atom stereocenters. The molecule has 0 fully saturated rings. The van der Waals surface area contributed by atoms with E-state index in [0.29, 0.717) is 6.61 Å². The summed E-state index contributed by atoms with van der Waals surface area (Å²) in [6.07, 6.45) is 2.09. The van der Waals surface area contributed by atoms with Gasteiger partial charge in [-0.2, -0.15) is 0 Å². The lowest BCUT2D eigenvalue weighted by molar-refractivity contribution is 0.216. The number of hydrogen-bond acceptors (Lipinski definition) is 5. The number of benzene rings is 3. The second-order valence-corrected chi connectivity index (χ2v) is 8.19. The average Bonchev–Trinajstić information content (AvgIpc) is 3.00. The van der Waals surface area contributed by atoms with E-state index in [1.807, 2.05) is 12.1 Å². The summed E-state index contributed by atoms with van der Waals surface area (Å²) in [6.45, 7) is 3.14. The van der Waals surface area contributed by atoms with Crippen molar-refractivity contribution < 1.29 is 14.2 Å². The summed E-state index contributed by atoms with van der Waals surface area (Å²) in [4.78, 5) is 3.66. The van der Waals surface area contributed by atoms with Crippen LogP contribution in [0, 0.1) is 0 Å². The average molecular weight is 422 g/mol. The first-order chi connectivity index (χ1) is 14.7. The van der Waals surface area contributed by atoms with Crippen molar-refractivity contribution in [1.29, 1.82) is 0 Å². The van der Waals surface area contributed by atoms with Crippen molar-refractivity contribution in [2.24, 2.45) is 0 Å². The van der Waals surface area contributed by atoms with Gasteiger partial charge < -0.3 is 14.2 Å². The maximum Gasteiger partial charge on any atom is 0.165 e. The zero-order chi connectivity index (χ0) is 20.9. The lowest BCUT2D eigenvalue weighted by Crippen LogP contribution is -2.25. The van der Waals surface area contributed by atoms with Gasteiger partial charge in [0.05, 0.1) is 14.2 Å². The molecule has 1 aliphatic heterocycles. The van der Waals surface area contributed by atoms with Gasteiger partial charge in [-0.15, -0.1) is 11.8 Å². The third kappa shape index (κ3) is 4.58. The molecule has 0 bridgehead atoms. The number of hydrogen-bond donors (Lipinski definition) is 0. The topological polar surface area (TPSA) is 30.9 Å². The van der Waals surface area contributed by atoms with E-state index >= 15 is 0 Å². The minimum atomic E-state index is 0.634. The van der Waals surface area contributed by atoms with Gasteiger partial charge in [-0.1, -0.05) is 24.3 Å². The first-order valence-electron chi connectivity index (χ1n) is 10.0. The zero-order valence-electron chi connectivity index (χ0n) is 17.7. The lowest BCUT2D eigenvalue weighted by atomic mass is 10.0. The number of methoxy groups -OCH3 is 2. The van der Waals surface area contributed by atoms with Crippen LogP contribution in [0.25, 0.3) is 11.1 Å². The third-order valence-corrected chi connectivity index (χ3v) is 6.11. The third-order valence-electron chi connectivity index (χ3n) is 5.36. The Morgan fingerprint density at radius 1 is 0.967 bits per heavy atom. The van der Waals surface area contributed by atoms with Crippen LogP contribution in [0.15, 0.2) is 65.6 Å². The number of ether oxygens (including phenoxy) is 3. The highest BCUT2D eigenvalue weighted by Crippen LogP contribution is 2.39. The van der Waals surface area contributed by atoms with Crippen molar-refractivity contribution >= 4 is 11.8 Å². The molecule has 0 amide bonds. The molecule has 0 aromatic heterocycles. The Morgan fingerprint density at radius 2 is 1.80 bits per heavy atom. The summed E-state index contributed by atoms with van der Waals surface area (Å²) < 4.78 is 17.2.